The third-order valence-electron chi connectivity index (χ3n) is 6.95. The highest BCUT2D eigenvalue weighted by atomic mass is 35.5. The van der Waals surface area contributed by atoms with Gasteiger partial charge in [0, 0.05) is 5.02 Å². The molecule has 29 heavy (non-hydrogen) atoms. The Balaban J connectivity index is 1.65. The van der Waals surface area contributed by atoms with Gasteiger partial charge in [-0.1, -0.05) is 49.7 Å². The van der Waals surface area contributed by atoms with Crippen LogP contribution < -0.4 is 5.32 Å². The molecule has 1 saturated carbocycles. The molecule has 152 valence electrons. The monoisotopic (exact) mass is 409 g/mol. The summed E-state index contributed by atoms with van der Waals surface area (Å²) in [5.74, 6) is 0.460. The second kappa shape index (κ2) is 7.60. The first-order valence-electron chi connectivity index (χ1n) is 10.5. The van der Waals surface area contributed by atoms with E-state index in [1.54, 1.807) is 0 Å². The number of carbonyl (C=O) groups is 2. The van der Waals surface area contributed by atoms with E-state index in [0.717, 1.165) is 47.9 Å². The quantitative estimate of drug-likeness (QED) is 0.662. The lowest BCUT2D eigenvalue weighted by molar-refractivity contribution is -0.126. The summed E-state index contributed by atoms with van der Waals surface area (Å²) in [6.07, 6.45) is 3.51. The molecule has 1 spiro atoms. The summed E-state index contributed by atoms with van der Waals surface area (Å²) in [6, 6.07) is 13.7. The number of ketones is 1. The van der Waals surface area contributed by atoms with Crippen molar-refractivity contribution < 1.29 is 9.59 Å². The van der Waals surface area contributed by atoms with Crippen LogP contribution in [0.25, 0.3) is 11.1 Å². The molecule has 1 saturated heterocycles. The van der Waals surface area contributed by atoms with Gasteiger partial charge in [-0.2, -0.15) is 0 Å². The van der Waals surface area contributed by atoms with E-state index in [0.29, 0.717) is 16.9 Å². The molecule has 0 bridgehead atoms. The summed E-state index contributed by atoms with van der Waals surface area (Å²) in [7, 11) is 0. The molecule has 3 nitrogen and oxygen atoms in total. The smallest absolute Gasteiger partial charge is 0.235 e. The largest absolute Gasteiger partial charge is 0.343 e. The summed E-state index contributed by atoms with van der Waals surface area (Å²) in [5, 5.41) is 3.80. The molecule has 0 aromatic heterocycles. The van der Waals surface area contributed by atoms with Gasteiger partial charge >= 0.3 is 0 Å². The zero-order chi connectivity index (χ0) is 20.8. The highest BCUT2D eigenvalue weighted by Crippen LogP contribution is 2.43. The van der Waals surface area contributed by atoms with Crippen LogP contribution in [0.4, 0.5) is 0 Å². The molecule has 1 aliphatic heterocycles. The Hall–Kier alpha value is -2.13. The van der Waals surface area contributed by atoms with Crippen LogP contribution in [0.1, 0.15) is 56.6 Å². The van der Waals surface area contributed by atoms with Crippen molar-refractivity contribution in [1.29, 1.82) is 0 Å². The van der Waals surface area contributed by atoms with Crippen LogP contribution in [0.15, 0.2) is 42.5 Å². The first-order chi connectivity index (χ1) is 13.8. The number of Topliss-reactive ketones (excluding diaryl/α,β-unsaturated/α-hetero) is 1. The third-order valence-corrected chi connectivity index (χ3v) is 7.20. The van der Waals surface area contributed by atoms with Crippen LogP contribution in [-0.2, 0) is 9.59 Å². The molecular weight excluding hydrogens is 382 g/mol. The lowest BCUT2D eigenvalue weighted by atomic mass is 9.70. The minimum absolute atomic E-state index is 0.0565. The topological polar surface area (TPSA) is 46.2 Å². The van der Waals surface area contributed by atoms with Gasteiger partial charge in [0.15, 0.2) is 5.78 Å². The summed E-state index contributed by atoms with van der Waals surface area (Å²) in [4.78, 5) is 26.5. The Bertz CT molecular complexity index is 940. The maximum absolute atomic E-state index is 13.5. The average molecular weight is 410 g/mol. The Morgan fingerprint density at radius 1 is 1.00 bits per heavy atom. The zero-order valence-electron chi connectivity index (χ0n) is 17.3. The van der Waals surface area contributed by atoms with E-state index in [1.165, 1.54) is 0 Å². The van der Waals surface area contributed by atoms with Gasteiger partial charge in [-0.3, -0.25) is 9.59 Å². The van der Waals surface area contributed by atoms with Gasteiger partial charge in [-0.25, -0.2) is 0 Å². The highest BCUT2D eigenvalue weighted by Gasteiger charge is 2.54. The predicted molar refractivity (Wildman–Crippen MR) is 117 cm³/mol. The van der Waals surface area contributed by atoms with Gasteiger partial charge < -0.3 is 5.32 Å². The molecule has 1 heterocycles. The van der Waals surface area contributed by atoms with E-state index in [9.17, 15) is 9.59 Å². The first kappa shape index (κ1) is 20.2. The van der Waals surface area contributed by atoms with E-state index in [1.807, 2.05) is 49.4 Å². The fourth-order valence-electron chi connectivity index (χ4n) is 4.99. The van der Waals surface area contributed by atoms with Gasteiger partial charge in [0.25, 0.3) is 0 Å². The van der Waals surface area contributed by atoms with Crippen LogP contribution in [-0.4, -0.2) is 17.2 Å². The van der Waals surface area contributed by atoms with Gasteiger partial charge in [0.1, 0.15) is 5.92 Å². The van der Waals surface area contributed by atoms with Crippen LogP contribution >= 0.6 is 11.6 Å². The Morgan fingerprint density at radius 2 is 1.62 bits per heavy atom. The number of hydrogen-bond donors (Lipinski definition) is 1. The van der Waals surface area contributed by atoms with Gasteiger partial charge in [0.05, 0.1) is 5.54 Å². The molecule has 4 rings (SSSR count). The average Bonchev–Trinajstić information content (AvgIpc) is 2.93. The van der Waals surface area contributed by atoms with Crippen LogP contribution in [0, 0.1) is 18.8 Å². The number of hydrogen-bond acceptors (Lipinski definition) is 2. The molecule has 2 aromatic carbocycles. The second-order valence-corrected chi connectivity index (χ2v) is 9.46. The fourth-order valence-corrected chi connectivity index (χ4v) is 5.12. The van der Waals surface area contributed by atoms with Gasteiger partial charge in [-0.15, -0.1) is 0 Å². The Morgan fingerprint density at radius 3 is 2.24 bits per heavy atom. The molecule has 2 fully saturated rings. The zero-order valence-corrected chi connectivity index (χ0v) is 18.1. The molecule has 2 aromatic rings. The number of benzene rings is 2. The second-order valence-electron chi connectivity index (χ2n) is 9.03. The summed E-state index contributed by atoms with van der Waals surface area (Å²) in [6.45, 7) is 6.46. The van der Waals surface area contributed by atoms with Gasteiger partial charge in [0.2, 0.25) is 5.91 Å². The SMILES string of the molecule is Cc1ccc(-c2ccc(Cl)cc2)cc1C1C(=O)NC2(CCC(C(C)C)CC2)C1=O. The van der Waals surface area contributed by atoms with Crippen molar-refractivity contribution >= 4 is 23.3 Å². The first-order valence-corrected chi connectivity index (χ1v) is 10.9. The van der Waals surface area contributed by atoms with Crippen molar-refractivity contribution in [2.24, 2.45) is 11.8 Å². The Kier molecular flexibility index (Phi) is 5.29. The van der Waals surface area contributed by atoms with E-state index in [4.69, 9.17) is 11.6 Å². The number of rotatable bonds is 3. The summed E-state index contributed by atoms with van der Waals surface area (Å²) >= 11 is 6.01. The maximum Gasteiger partial charge on any atom is 0.235 e. The number of amides is 1. The van der Waals surface area contributed by atoms with Crippen LogP contribution in [0.2, 0.25) is 5.02 Å². The molecule has 0 radical (unpaired) electrons. The molecule has 1 N–H and O–H groups in total. The summed E-state index contributed by atoms with van der Waals surface area (Å²) in [5.41, 5.74) is 3.14. The summed E-state index contributed by atoms with van der Waals surface area (Å²) < 4.78 is 0. The molecule has 1 unspecified atom stereocenters. The molecule has 1 aliphatic carbocycles. The van der Waals surface area contributed by atoms with Crippen molar-refractivity contribution in [1.82, 2.24) is 5.32 Å². The lowest BCUT2D eigenvalue weighted by Gasteiger charge is -2.37. The lowest BCUT2D eigenvalue weighted by Crippen LogP contribution is -2.49. The highest BCUT2D eigenvalue weighted by molar-refractivity contribution is 6.30. The normalized spacial score (nSPS) is 26.9. The molecule has 1 amide bonds. The molecule has 4 heteroatoms. The minimum atomic E-state index is -0.710. The van der Waals surface area contributed by atoms with Crippen molar-refractivity contribution in [2.45, 2.75) is 57.9 Å². The minimum Gasteiger partial charge on any atom is -0.343 e. The number of aryl methyl sites for hydroxylation is 1. The standard InChI is InChI=1S/C25H28ClNO2/c1-15(2)17-10-12-25(13-11-17)23(28)22(24(29)27-25)21-14-19(5-4-16(21)3)18-6-8-20(26)9-7-18/h4-9,14-15,17,22H,10-13H2,1-3H3,(H,27,29). The number of nitrogens with one attached hydrogen (secondary N) is 1. The van der Waals surface area contributed by atoms with Crippen molar-refractivity contribution in [3.05, 3.63) is 58.6 Å². The van der Waals surface area contributed by atoms with E-state index in [-0.39, 0.29) is 11.7 Å². The molecule has 1 atom stereocenters. The van der Waals surface area contributed by atoms with E-state index in [2.05, 4.69) is 19.2 Å². The Labute approximate surface area is 177 Å². The fraction of sp³-hybridized carbons (Fsp3) is 0.440. The van der Waals surface area contributed by atoms with Crippen molar-refractivity contribution in [2.75, 3.05) is 0 Å². The third kappa shape index (κ3) is 3.61. The van der Waals surface area contributed by atoms with Crippen molar-refractivity contribution in [3.8, 4) is 11.1 Å². The van der Waals surface area contributed by atoms with Crippen molar-refractivity contribution in [3.63, 3.8) is 0 Å². The molecule has 2 aliphatic rings. The van der Waals surface area contributed by atoms with E-state index >= 15 is 0 Å². The number of carbonyl (C=O) groups excluding carboxylic acids is 2. The molecular formula is C25H28ClNO2. The van der Waals surface area contributed by atoms with Gasteiger partial charge in [-0.05, 0) is 84.9 Å². The van der Waals surface area contributed by atoms with Crippen LogP contribution in [0.5, 0.6) is 0 Å². The van der Waals surface area contributed by atoms with E-state index < -0.39 is 11.5 Å². The van der Waals surface area contributed by atoms with Crippen LogP contribution in [0.3, 0.4) is 0 Å². The number of halogens is 1. The maximum atomic E-state index is 13.5. The predicted octanol–water partition coefficient (Wildman–Crippen LogP) is 5.68.